The van der Waals surface area contributed by atoms with Gasteiger partial charge in [-0.15, -0.1) is 0 Å². The molecule has 102 valence electrons. The third kappa shape index (κ3) is 6.71. The van der Waals surface area contributed by atoms with Crippen molar-refractivity contribution in [1.29, 1.82) is 0 Å². The Morgan fingerprint density at radius 1 is 1.28 bits per heavy atom. The molecule has 1 aromatic rings. The highest BCUT2D eigenvalue weighted by atomic mass is 79.9. The Morgan fingerprint density at radius 3 is 2.89 bits per heavy atom. The van der Waals surface area contributed by atoms with Crippen LogP contribution in [0.3, 0.4) is 0 Å². The molecule has 18 heavy (non-hydrogen) atoms. The zero-order chi connectivity index (χ0) is 13.2. The minimum Gasteiger partial charge on any atom is -0.382 e. The van der Waals surface area contributed by atoms with Gasteiger partial charge in [-0.05, 0) is 36.7 Å². The lowest BCUT2D eigenvalue weighted by Crippen LogP contribution is -2.17. The molecule has 0 aliphatic heterocycles. The lowest BCUT2D eigenvalue weighted by molar-refractivity contribution is 0.0695. The summed E-state index contributed by atoms with van der Waals surface area (Å²) in [5.74, 6) is 0. The van der Waals surface area contributed by atoms with E-state index in [1.54, 1.807) is 7.11 Å². The fraction of sp³-hybridized carbons (Fsp3) is 0.538. The fourth-order valence-electron chi connectivity index (χ4n) is 1.45. The molecule has 0 saturated heterocycles. The molecule has 0 saturated carbocycles. The van der Waals surface area contributed by atoms with E-state index in [0.717, 1.165) is 35.6 Å². The number of hydrogen-bond donors (Lipinski definition) is 1. The van der Waals surface area contributed by atoms with E-state index in [9.17, 15) is 0 Å². The molecule has 1 N–H and O–H groups in total. The van der Waals surface area contributed by atoms with Crippen LogP contribution in [0.5, 0.6) is 0 Å². The highest BCUT2D eigenvalue weighted by Crippen LogP contribution is 2.20. The van der Waals surface area contributed by atoms with Crippen LogP contribution in [0, 0.1) is 0 Å². The standard InChI is InChI=1S/C13H19BrClNO2/c1-17-7-8-18-6-2-5-16-10-11-9-12(15)3-4-13(11)14/h3-4,9,16H,2,5-8,10H2,1H3. The van der Waals surface area contributed by atoms with Crippen molar-refractivity contribution in [2.45, 2.75) is 13.0 Å². The molecule has 0 bridgehead atoms. The lowest BCUT2D eigenvalue weighted by atomic mass is 10.2. The van der Waals surface area contributed by atoms with Crippen molar-refractivity contribution in [3.05, 3.63) is 33.3 Å². The number of halogens is 2. The van der Waals surface area contributed by atoms with Crippen LogP contribution < -0.4 is 5.32 Å². The summed E-state index contributed by atoms with van der Waals surface area (Å²) in [5.41, 5.74) is 1.17. The lowest BCUT2D eigenvalue weighted by Gasteiger charge is -2.08. The maximum Gasteiger partial charge on any atom is 0.0700 e. The summed E-state index contributed by atoms with van der Waals surface area (Å²) in [6.45, 7) is 3.80. The maximum atomic E-state index is 5.95. The van der Waals surface area contributed by atoms with Gasteiger partial charge < -0.3 is 14.8 Å². The van der Waals surface area contributed by atoms with Gasteiger partial charge in [0.05, 0.1) is 13.2 Å². The maximum absolute atomic E-state index is 5.95. The van der Waals surface area contributed by atoms with Crippen LogP contribution in [0.25, 0.3) is 0 Å². The first-order valence-corrected chi connectivity index (χ1v) is 7.12. The Kier molecular flexibility index (Phi) is 8.63. The van der Waals surface area contributed by atoms with Crippen LogP contribution in [0.4, 0.5) is 0 Å². The van der Waals surface area contributed by atoms with Crippen LogP contribution >= 0.6 is 27.5 Å². The third-order valence-corrected chi connectivity index (χ3v) is 3.41. The van der Waals surface area contributed by atoms with Gasteiger partial charge in [0.1, 0.15) is 0 Å². The second kappa shape index (κ2) is 9.75. The van der Waals surface area contributed by atoms with E-state index in [2.05, 4.69) is 21.2 Å². The first-order valence-electron chi connectivity index (χ1n) is 5.95. The fourth-order valence-corrected chi connectivity index (χ4v) is 2.03. The molecule has 0 fully saturated rings. The van der Waals surface area contributed by atoms with Crippen molar-refractivity contribution < 1.29 is 9.47 Å². The van der Waals surface area contributed by atoms with E-state index in [4.69, 9.17) is 21.1 Å². The largest absolute Gasteiger partial charge is 0.382 e. The molecule has 1 aromatic carbocycles. The molecule has 0 atom stereocenters. The first-order chi connectivity index (χ1) is 8.74. The van der Waals surface area contributed by atoms with Crippen molar-refractivity contribution in [3.63, 3.8) is 0 Å². The normalized spacial score (nSPS) is 10.8. The molecular formula is C13H19BrClNO2. The van der Waals surface area contributed by atoms with Gasteiger partial charge in [0, 0.05) is 29.8 Å². The van der Waals surface area contributed by atoms with Gasteiger partial charge in [0.2, 0.25) is 0 Å². The molecule has 0 unspecified atom stereocenters. The molecule has 0 radical (unpaired) electrons. The Balaban J connectivity index is 2.09. The Labute approximate surface area is 122 Å². The van der Waals surface area contributed by atoms with Crippen LogP contribution in [0.2, 0.25) is 5.02 Å². The molecule has 0 aliphatic carbocycles. The van der Waals surface area contributed by atoms with Crippen LogP contribution in [-0.4, -0.2) is 33.5 Å². The minimum atomic E-state index is 0.656. The molecule has 0 aromatic heterocycles. The Morgan fingerprint density at radius 2 is 2.11 bits per heavy atom. The van der Waals surface area contributed by atoms with Crippen molar-refractivity contribution >= 4 is 27.5 Å². The van der Waals surface area contributed by atoms with Crippen molar-refractivity contribution in [2.24, 2.45) is 0 Å². The number of methoxy groups -OCH3 is 1. The second-order valence-electron chi connectivity index (χ2n) is 3.87. The zero-order valence-corrected chi connectivity index (χ0v) is 12.9. The van der Waals surface area contributed by atoms with Crippen LogP contribution in [0.1, 0.15) is 12.0 Å². The Hall–Kier alpha value is -0.130. The molecule has 0 amide bonds. The summed E-state index contributed by atoms with van der Waals surface area (Å²) >= 11 is 9.45. The average molecular weight is 337 g/mol. The summed E-state index contributed by atoms with van der Waals surface area (Å²) in [6, 6.07) is 5.81. The summed E-state index contributed by atoms with van der Waals surface area (Å²) in [4.78, 5) is 0. The highest BCUT2D eigenvalue weighted by Gasteiger charge is 2.00. The molecule has 0 heterocycles. The summed E-state index contributed by atoms with van der Waals surface area (Å²) in [6.07, 6.45) is 0.988. The number of nitrogens with one attached hydrogen (secondary N) is 1. The molecule has 5 heteroatoms. The number of rotatable bonds is 9. The molecule has 0 spiro atoms. The molecule has 0 aliphatic rings. The molecular weight excluding hydrogens is 318 g/mol. The summed E-state index contributed by atoms with van der Waals surface area (Å²) in [7, 11) is 1.67. The highest BCUT2D eigenvalue weighted by molar-refractivity contribution is 9.10. The van der Waals surface area contributed by atoms with Gasteiger partial charge in [0.15, 0.2) is 0 Å². The number of hydrogen-bond acceptors (Lipinski definition) is 3. The van der Waals surface area contributed by atoms with Gasteiger partial charge in [0.25, 0.3) is 0 Å². The van der Waals surface area contributed by atoms with Crippen LogP contribution in [-0.2, 0) is 16.0 Å². The summed E-state index contributed by atoms with van der Waals surface area (Å²) in [5, 5.41) is 4.12. The molecule has 1 rings (SSSR count). The topological polar surface area (TPSA) is 30.5 Å². The summed E-state index contributed by atoms with van der Waals surface area (Å²) < 4.78 is 11.3. The van der Waals surface area contributed by atoms with E-state index in [-0.39, 0.29) is 0 Å². The second-order valence-corrected chi connectivity index (χ2v) is 5.16. The van der Waals surface area contributed by atoms with E-state index in [1.807, 2.05) is 18.2 Å². The predicted molar refractivity (Wildman–Crippen MR) is 78.2 cm³/mol. The quantitative estimate of drug-likeness (QED) is 0.702. The first kappa shape index (κ1) is 15.9. The van der Waals surface area contributed by atoms with Gasteiger partial charge >= 0.3 is 0 Å². The predicted octanol–water partition coefficient (Wildman–Crippen LogP) is 3.25. The number of benzene rings is 1. The monoisotopic (exact) mass is 335 g/mol. The average Bonchev–Trinajstić information content (AvgIpc) is 2.36. The Bertz CT molecular complexity index is 350. The van der Waals surface area contributed by atoms with Gasteiger partial charge in [-0.1, -0.05) is 27.5 Å². The minimum absolute atomic E-state index is 0.656. The van der Waals surface area contributed by atoms with E-state index < -0.39 is 0 Å². The van der Waals surface area contributed by atoms with E-state index >= 15 is 0 Å². The zero-order valence-electron chi connectivity index (χ0n) is 10.5. The van der Waals surface area contributed by atoms with Gasteiger partial charge in [-0.3, -0.25) is 0 Å². The van der Waals surface area contributed by atoms with Gasteiger partial charge in [-0.25, -0.2) is 0 Å². The van der Waals surface area contributed by atoms with Crippen molar-refractivity contribution in [3.8, 4) is 0 Å². The van der Waals surface area contributed by atoms with E-state index in [1.165, 1.54) is 5.56 Å². The van der Waals surface area contributed by atoms with Crippen molar-refractivity contribution in [2.75, 3.05) is 33.5 Å². The smallest absolute Gasteiger partial charge is 0.0700 e. The molecule has 3 nitrogen and oxygen atoms in total. The van der Waals surface area contributed by atoms with Crippen LogP contribution in [0.15, 0.2) is 22.7 Å². The third-order valence-electron chi connectivity index (χ3n) is 2.40. The number of ether oxygens (including phenoxy) is 2. The SMILES string of the molecule is COCCOCCCNCc1cc(Cl)ccc1Br. The van der Waals surface area contributed by atoms with Crippen molar-refractivity contribution in [1.82, 2.24) is 5.32 Å². The van der Waals surface area contributed by atoms with Gasteiger partial charge in [-0.2, -0.15) is 0 Å². The van der Waals surface area contributed by atoms with E-state index in [0.29, 0.717) is 13.2 Å².